The molecule has 0 aromatic heterocycles. The Kier molecular flexibility index (Phi) is 9.78. The predicted molar refractivity (Wildman–Crippen MR) is 173 cm³/mol. The van der Waals surface area contributed by atoms with E-state index in [1.54, 1.807) is 17.8 Å². The van der Waals surface area contributed by atoms with E-state index in [-0.39, 0.29) is 29.3 Å². The molecular formula is C34H45F2N5O2S. The van der Waals surface area contributed by atoms with Gasteiger partial charge in [0, 0.05) is 72.5 Å². The molecule has 7 atom stereocenters. The van der Waals surface area contributed by atoms with E-state index >= 15 is 4.39 Å². The van der Waals surface area contributed by atoms with Crippen LogP contribution in [-0.2, 0) is 9.53 Å². The summed E-state index contributed by atoms with van der Waals surface area (Å²) in [5.41, 5.74) is 2.65. The lowest BCUT2D eigenvalue weighted by Crippen LogP contribution is -2.57. The minimum atomic E-state index is -0.580. The maximum atomic E-state index is 15.2. The van der Waals surface area contributed by atoms with Gasteiger partial charge in [-0.25, -0.2) is 8.78 Å². The molecule has 10 heteroatoms. The summed E-state index contributed by atoms with van der Waals surface area (Å²) in [6, 6.07) is 4.38. The van der Waals surface area contributed by atoms with Gasteiger partial charge in [-0.05, 0) is 63.8 Å². The SMILES string of the molecule is C=C/C(=C\C)N1CCN(C2=N[C@H](CCCN3CC4CC3CO4)CSC3C(NC=O)C2=CCC3c2ccc(F)cc2F)C(C)C1. The number of amidine groups is 1. The van der Waals surface area contributed by atoms with Crippen LogP contribution in [0.25, 0.3) is 0 Å². The summed E-state index contributed by atoms with van der Waals surface area (Å²) in [4.78, 5) is 24.9. The molecule has 238 valence electrons. The summed E-state index contributed by atoms with van der Waals surface area (Å²) in [5.74, 6) is 0.435. The van der Waals surface area contributed by atoms with Gasteiger partial charge in [-0.3, -0.25) is 14.7 Å². The standard InChI is InChI=1S/C34H45F2N5O2S/c1-4-25(5-2)40-13-14-41(22(3)17-40)34-30-11-10-29(28-9-8-23(35)15-31(28)36)33(32(30)37-21-42)44-20-24(38-34)7-6-12-39-18-27-16-26(39)19-43-27/h4-5,8-9,11,15,21-22,24,26-27,29,32-33H,1,6-7,10,12-14,16-20H2,2-3H3,(H,37,42)/b25-5+,38-34?/t22?,24-,26?,27?,29?,32?,33?/m1/s1. The van der Waals surface area contributed by atoms with E-state index in [2.05, 4.69) is 45.7 Å². The summed E-state index contributed by atoms with van der Waals surface area (Å²) in [7, 11) is 0. The average molecular weight is 626 g/mol. The molecule has 44 heavy (non-hydrogen) atoms. The second-order valence-electron chi connectivity index (χ2n) is 12.7. The number of allylic oxidation sites excluding steroid dienone is 3. The fraction of sp³-hybridized carbons (Fsp3) is 0.588. The Morgan fingerprint density at radius 3 is 2.82 bits per heavy atom. The number of hydrogen-bond acceptors (Lipinski definition) is 7. The smallest absolute Gasteiger partial charge is 0.207 e. The Labute approximate surface area is 264 Å². The van der Waals surface area contributed by atoms with Gasteiger partial charge < -0.3 is 19.9 Å². The summed E-state index contributed by atoms with van der Waals surface area (Å²) in [6.45, 7) is 13.7. The van der Waals surface area contributed by atoms with Crippen molar-refractivity contribution in [2.24, 2.45) is 4.99 Å². The second-order valence-corrected chi connectivity index (χ2v) is 13.9. The highest BCUT2D eigenvalue weighted by Crippen LogP contribution is 2.43. The van der Waals surface area contributed by atoms with Crippen molar-refractivity contribution in [3.8, 4) is 0 Å². The second kappa shape index (κ2) is 13.7. The highest BCUT2D eigenvalue weighted by Gasteiger charge is 2.43. The van der Waals surface area contributed by atoms with E-state index in [9.17, 15) is 9.18 Å². The van der Waals surface area contributed by atoms with Crippen molar-refractivity contribution >= 4 is 24.0 Å². The quantitative estimate of drug-likeness (QED) is 0.317. The molecule has 6 unspecified atom stereocenters. The molecule has 3 fully saturated rings. The van der Waals surface area contributed by atoms with Crippen LogP contribution < -0.4 is 5.32 Å². The minimum absolute atomic E-state index is 0.0930. The van der Waals surface area contributed by atoms with Crippen LogP contribution in [0.2, 0.25) is 0 Å². The van der Waals surface area contributed by atoms with Gasteiger partial charge >= 0.3 is 0 Å². The normalized spacial score (nSPS) is 32.5. The summed E-state index contributed by atoms with van der Waals surface area (Å²) in [6.07, 6.45) is 11.1. The molecule has 1 aromatic rings. The van der Waals surface area contributed by atoms with Gasteiger partial charge in [0.1, 0.15) is 17.5 Å². The molecule has 4 heterocycles. The maximum Gasteiger partial charge on any atom is 0.207 e. The van der Waals surface area contributed by atoms with Crippen LogP contribution in [0.5, 0.6) is 0 Å². The van der Waals surface area contributed by atoms with Gasteiger partial charge in [-0.2, -0.15) is 11.8 Å². The molecule has 1 aliphatic carbocycles. The van der Waals surface area contributed by atoms with Crippen molar-refractivity contribution in [1.82, 2.24) is 20.0 Å². The number of morpholine rings is 1. The van der Waals surface area contributed by atoms with Gasteiger partial charge in [0.15, 0.2) is 0 Å². The Hall–Kier alpha value is -2.69. The monoisotopic (exact) mass is 625 g/mol. The first-order valence-electron chi connectivity index (χ1n) is 16.1. The number of likely N-dealkylation sites (tertiary alicyclic amines) is 1. The van der Waals surface area contributed by atoms with Gasteiger partial charge in [0.05, 0.1) is 24.8 Å². The number of aliphatic imine (C=N–C) groups is 1. The third-order valence-electron chi connectivity index (χ3n) is 10.1. The number of carbonyl (C=O) groups is 1. The number of fused-ring (bicyclic) bond motifs is 4. The van der Waals surface area contributed by atoms with E-state index in [1.165, 1.54) is 6.07 Å². The van der Waals surface area contributed by atoms with Gasteiger partial charge in [-0.15, -0.1) is 0 Å². The van der Waals surface area contributed by atoms with Gasteiger partial charge in [0.25, 0.3) is 0 Å². The minimum Gasteiger partial charge on any atom is -0.375 e. The first-order valence-corrected chi connectivity index (χ1v) is 17.2. The Bertz CT molecular complexity index is 1320. The topological polar surface area (TPSA) is 60.4 Å². The first-order chi connectivity index (χ1) is 21.4. The number of halogens is 2. The molecule has 3 saturated heterocycles. The molecule has 4 aliphatic heterocycles. The first kappa shape index (κ1) is 31.3. The lowest BCUT2D eigenvalue weighted by molar-refractivity contribution is -0.110. The molecule has 1 amide bonds. The fourth-order valence-corrected chi connectivity index (χ4v) is 9.44. The van der Waals surface area contributed by atoms with Crippen molar-refractivity contribution in [1.29, 1.82) is 0 Å². The lowest BCUT2D eigenvalue weighted by Gasteiger charge is -2.47. The third-order valence-corrected chi connectivity index (χ3v) is 11.6. The van der Waals surface area contributed by atoms with Crippen LogP contribution >= 0.6 is 11.8 Å². The van der Waals surface area contributed by atoms with Crippen molar-refractivity contribution < 1.29 is 18.3 Å². The highest BCUT2D eigenvalue weighted by atomic mass is 32.2. The van der Waals surface area contributed by atoms with Crippen LogP contribution in [0.1, 0.15) is 51.0 Å². The zero-order valence-electron chi connectivity index (χ0n) is 25.8. The lowest BCUT2D eigenvalue weighted by atomic mass is 9.80. The molecule has 1 aromatic carbocycles. The zero-order chi connectivity index (χ0) is 30.8. The number of amides is 1. The number of piperazine rings is 1. The van der Waals surface area contributed by atoms with E-state index in [0.717, 1.165) is 93.9 Å². The molecule has 0 spiro atoms. The van der Waals surface area contributed by atoms with E-state index in [1.807, 2.05) is 13.0 Å². The molecule has 0 radical (unpaired) electrons. The number of hydrogen-bond donors (Lipinski definition) is 1. The van der Waals surface area contributed by atoms with Crippen molar-refractivity contribution in [2.45, 2.75) is 81.0 Å². The van der Waals surface area contributed by atoms with Crippen LogP contribution in [0.15, 0.2) is 59.3 Å². The molecule has 4 bridgehead atoms. The fourth-order valence-electron chi connectivity index (χ4n) is 7.85. The number of nitrogens with one attached hydrogen (secondary N) is 1. The highest BCUT2D eigenvalue weighted by molar-refractivity contribution is 8.00. The molecule has 7 nitrogen and oxygen atoms in total. The molecule has 1 N–H and O–H groups in total. The Morgan fingerprint density at radius 1 is 1.27 bits per heavy atom. The molecule has 6 rings (SSSR count). The van der Waals surface area contributed by atoms with Crippen LogP contribution in [0.4, 0.5) is 8.78 Å². The number of rotatable bonds is 9. The molecular weight excluding hydrogens is 580 g/mol. The van der Waals surface area contributed by atoms with Gasteiger partial charge in [0.2, 0.25) is 6.41 Å². The predicted octanol–water partition coefficient (Wildman–Crippen LogP) is 4.72. The largest absolute Gasteiger partial charge is 0.375 e. The Balaban J connectivity index is 1.30. The Morgan fingerprint density at radius 2 is 2.14 bits per heavy atom. The van der Waals surface area contributed by atoms with Crippen molar-refractivity contribution in [2.75, 3.05) is 45.1 Å². The third kappa shape index (κ3) is 6.35. The summed E-state index contributed by atoms with van der Waals surface area (Å²) >= 11 is 1.77. The van der Waals surface area contributed by atoms with Crippen molar-refractivity contribution in [3.05, 3.63) is 71.5 Å². The number of nitrogens with zero attached hydrogens (tertiary/aromatic N) is 4. The van der Waals surface area contributed by atoms with Crippen molar-refractivity contribution in [3.63, 3.8) is 0 Å². The zero-order valence-corrected chi connectivity index (χ0v) is 26.7. The van der Waals surface area contributed by atoms with Crippen LogP contribution in [0, 0.1) is 11.6 Å². The van der Waals surface area contributed by atoms with Gasteiger partial charge in [-0.1, -0.05) is 24.8 Å². The number of carbonyl (C=O) groups excluding carboxylic acids is 1. The van der Waals surface area contributed by atoms with E-state index in [4.69, 9.17) is 9.73 Å². The summed E-state index contributed by atoms with van der Waals surface area (Å²) in [5, 5.41) is 2.99. The van der Waals surface area contributed by atoms with E-state index in [0.29, 0.717) is 24.1 Å². The average Bonchev–Trinajstić information content (AvgIpc) is 3.64. The van der Waals surface area contributed by atoms with E-state index < -0.39 is 11.6 Å². The molecule has 0 saturated carbocycles. The molecule has 5 aliphatic rings. The number of benzene rings is 1. The number of thioether (sulfide) groups is 1. The summed E-state index contributed by atoms with van der Waals surface area (Å²) < 4.78 is 34.8. The maximum absolute atomic E-state index is 15.2. The number of ether oxygens (including phenoxy) is 1. The van der Waals surface area contributed by atoms with Crippen LogP contribution in [0.3, 0.4) is 0 Å². The van der Waals surface area contributed by atoms with Crippen LogP contribution in [-0.4, -0.2) is 108 Å².